The Balaban J connectivity index is 2.19. The summed E-state index contributed by atoms with van der Waals surface area (Å²) in [5.74, 6) is -0.896. The minimum absolute atomic E-state index is 0.0764. The second kappa shape index (κ2) is 8.27. The smallest absolute Gasteiger partial charge is 0.464 e. The van der Waals surface area contributed by atoms with E-state index in [9.17, 15) is 31.2 Å². The lowest BCUT2D eigenvalue weighted by Gasteiger charge is -2.32. The van der Waals surface area contributed by atoms with Crippen LogP contribution in [0.5, 0.6) is 0 Å². The zero-order chi connectivity index (χ0) is 23.0. The van der Waals surface area contributed by atoms with E-state index < -0.39 is 44.7 Å². The number of hydrogen-bond acceptors (Lipinski definition) is 7. The van der Waals surface area contributed by atoms with Crippen molar-refractivity contribution in [2.24, 2.45) is 5.41 Å². The van der Waals surface area contributed by atoms with E-state index in [1.54, 1.807) is 27.7 Å². The maximum Gasteiger partial charge on any atom is 0.534 e. The number of allylic oxidation sites excluding steroid dienone is 2. The Hall–Kier alpha value is -1.98. The van der Waals surface area contributed by atoms with Crippen LogP contribution in [0.3, 0.4) is 0 Å². The van der Waals surface area contributed by atoms with Crippen LogP contribution in [0.2, 0.25) is 0 Å². The van der Waals surface area contributed by atoms with Gasteiger partial charge in [0.15, 0.2) is 0 Å². The van der Waals surface area contributed by atoms with Crippen molar-refractivity contribution in [1.29, 1.82) is 0 Å². The van der Waals surface area contributed by atoms with Crippen molar-refractivity contribution < 1.29 is 44.8 Å². The van der Waals surface area contributed by atoms with Crippen LogP contribution >= 0.6 is 0 Å². The summed E-state index contributed by atoms with van der Waals surface area (Å²) in [5, 5.41) is 0. The number of likely N-dealkylation sites (tertiary alicyclic amines) is 1. The van der Waals surface area contributed by atoms with Crippen molar-refractivity contribution in [2.75, 3.05) is 13.2 Å². The van der Waals surface area contributed by atoms with Crippen molar-refractivity contribution in [2.45, 2.75) is 70.5 Å². The molecule has 1 spiro atoms. The third-order valence-corrected chi connectivity index (χ3v) is 5.86. The molecule has 1 amide bonds. The summed E-state index contributed by atoms with van der Waals surface area (Å²) in [5.41, 5.74) is -6.92. The minimum Gasteiger partial charge on any atom is -0.464 e. The molecule has 172 valence electrons. The molecule has 1 aliphatic heterocycles. The number of amides is 1. The van der Waals surface area contributed by atoms with Crippen LogP contribution < -0.4 is 0 Å². The molecule has 0 aromatic carbocycles. The molecule has 0 saturated carbocycles. The first-order chi connectivity index (χ1) is 13.6. The number of rotatable bonds is 4. The van der Waals surface area contributed by atoms with Gasteiger partial charge in [0.25, 0.3) is 0 Å². The number of ether oxygens (including phenoxy) is 2. The lowest BCUT2D eigenvalue weighted by atomic mass is 9.75. The fraction of sp³-hybridized carbons (Fsp3) is 0.778. The molecule has 0 N–H and O–H groups in total. The van der Waals surface area contributed by atoms with Gasteiger partial charge in [-0.25, -0.2) is 9.59 Å². The quantitative estimate of drug-likeness (QED) is 0.362. The van der Waals surface area contributed by atoms with Gasteiger partial charge in [0.1, 0.15) is 17.4 Å². The molecule has 12 heteroatoms. The van der Waals surface area contributed by atoms with Crippen LogP contribution in [0, 0.1) is 5.41 Å². The largest absolute Gasteiger partial charge is 0.534 e. The highest BCUT2D eigenvalue weighted by molar-refractivity contribution is 7.87. The number of carbonyl (C=O) groups is 2. The van der Waals surface area contributed by atoms with E-state index in [1.165, 1.54) is 11.0 Å². The summed E-state index contributed by atoms with van der Waals surface area (Å²) in [6.45, 7) is 6.94. The summed E-state index contributed by atoms with van der Waals surface area (Å²) in [6, 6.07) is -0.894. The molecule has 0 bridgehead atoms. The monoisotopic (exact) mass is 457 g/mol. The molecule has 0 aromatic rings. The SMILES string of the molecule is CCOC(=O)C1CC2(CC=C(OS(=O)(=O)C(F)(F)F)CC2)CN1C(=O)OC(C)(C)C. The van der Waals surface area contributed by atoms with Crippen LogP contribution in [-0.4, -0.2) is 55.7 Å². The van der Waals surface area contributed by atoms with Crippen LogP contribution in [0.4, 0.5) is 18.0 Å². The van der Waals surface area contributed by atoms with Gasteiger partial charge in [-0.2, -0.15) is 21.6 Å². The van der Waals surface area contributed by atoms with E-state index in [1.807, 2.05) is 0 Å². The third kappa shape index (κ3) is 5.58. The molecule has 2 aliphatic rings. The summed E-state index contributed by atoms with van der Waals surface area (Å²) in [4.78, 5) is 26.3. The summed E-state index contributed by atoms with van der Waals surface area (Å²) in [6.07, 6.45) is 1.11. The lowest BCUT2D eigenvalue weighted by molar-refractivity contribution is -0.148. The number of carbonyl (C=O) groups excluding carboxylic acids is 2. The molecule has 1 saturated heterocycles. The van der Waals surface area contributed by atoms with E-state index in [0.717, 1.165) is 0 Å². The highest BCUT2D eigenvalue weighted by atomic mass is 32.2. The van der Waals surface area contributed by atoms with Crippen molar-refractivity contribution in [3.05, 3.63) is 11.8 Å². The first kappa shape index (κ1) is 24.3. The first-order valence-corrected chi connectivity index (χ1v) is 10.9. The van der Waals surface area contributed by atoms with E-state index >= 15 is 0 Å². The van der Waals surface area contributed by atoms with Crippen LogP contribution in [-0.2, 0) is 28.6 Å². The van der Waals surface area contributed by atoms with Crippen molar-refractivity contribution in [3.63, 3.8) is 0 Å². The van der Waals surface area contributed by atoms with Crippen molar-refractivity contribution >= 4 is 22.2 Å². The Kier molecular flexibility index (Phi) is 6.70. The van der Waals surface area contributed by atoms with E-state index in [4.69, 9.17) is 9.47 Å². The average molecular weight is 457 g/mol. The molecule has 2 rings (SSSR count). The van der Waals surface area contributed by atoms with Gasteiger partial charge in [0.05, 0.1) is 6.61 Å². The average Bonchev–Trinajstić information content (AvgIpc) is 2.95. The topological polar surface area (TPSA) is 99.2 Å². The summed E-state index contributed by atoms with van der Waals surface area (Å²) in [7, 11) is -5.74. The molecule has 1 heterocycles. The van der Waals surface area contributed by atoms with Gasteiger partial charge in [-0.05, 0) is 58.4 Å². The maximum atomic E-state index is 12.6. The minimum atomic E-state index is -5.74. The molecule has 8 nitrogen and oxygen atoms in total. The van der Waals surface area contributed by atoms with Gasteiger partial charge < -0.3 is 13.7 Å². The molecule has 2 atom stereocenters. The summed E-state index contributed by atoms with van der Waals surface area (Å²) >= 11 is 0. The second-order valence-corrected chi connectivity index (χ2v) is 9.98. The van der Waals surface area contributed by atoms with Gasteiger partial charge >= 0.3 is 27.7 Å². The number of esters is 1. The zero-order valence-corrected chi connectivity index (χ0v) is 18.1. The van der Waals surface area contributed by atoms with Gasteiger partial charge in [-0.3, -0.25) is 4.90 Å². The van der Waals surface area contributed by atoms with Crippen molar-refractivity contribution in [3.8, 4) is 0 Å². The second-order valence-electron chi connectivity index (χ2n) is 8.44. The van der Waals surface area contributed by atoms with Gasteiger partial charge in [0, 0.05) is 13.0 Å². The number of alkyl halides is 3. The van der Waals surface area contributed by atoms with E-state index in [0.29, 0.717) is 0 Å². The Morgan fingerprint density at radius 1 is 1.27 bits per heavy atom. The van der Waals surface area contributed by atoms with Crippen LogP contribution in [0.25, 0.3) is 0 Å². The molecular formula is C18H26F3NO7S. The molecular weight excluding hydrogens is 431 g/mol. The fourth-order valence-corrected chi connectivity index (χ4v) is 4.06. The molecule has 1 aliphatic carbocycles. The Morgan fingerprint density at radius 2 is 1.90 bits per heavy atom. The van der Waals surface area contributed by atoms with Crippen LogP contribution in [0.15, 0.2) is 11.8 Å². The highest BCUT2D eigenvalue weighted by Crippen LogP contribution is 2.47. The molecule has 1 fully saturated rings. The first-order valence-electron chi connectivity index (χ1n) is 9.45. The molecule has 0 radical (unpaired) electrons. The normalized spacial score (nSPS) is 25.1. The molecule has 2 unspecified atom stereocenters. The lowest BCUT2D eigenvalue weighted by Crippen LogP contribution is -2.44. The Labute approximate surface area is 173 Å². The standard InChI is InChI=1S/C18H26F3NO7S/c1-5-27-14(23)13-10-17(11-22(13)15(24)28-16(2,3)4)8-6-12(7-9-17)29-30(25,26)18(19,20)21/h6,13H,5,7-11H2,1-4H3. The Bertz CT molecular complexity index is 817. The van der Waals surface area contributed by atoms with Crippen molar-refractivity contribution in [1.82, 2.24) is 4.90 Å². The van der Waals surface area contributed by atoms with E-state index in [-0.39, 0.29) is 44.6 Å². The van der Waals surface area contributed by atoms with Crippen LogP contribution in [0.1, 0.15) is 53.4 Å². The molecule has 0 aromatic heterocycles. The maximum absolute atomic E-state index is 12.6. The number of nitrogens with zero attached hydrogens (tertiary/aromatic N) is 1. The predicted molar refractivity (Wildman–Crippen MR) is 98.4 cm³/mol. The third-order valence-electron chi connectivity index (χ3n) is 4.86. The Morgan fingerprint density at radius 3 is 2.37 bits per heavy atom. The number of hydrogen-bond donors (Lipinski definition) is 0. The van der Waals surface area contributed by atoms with Gasteiger partial charge in [-0.1, -0.05) is 0 Å². The number of halogens is 3. The van der Waals surface area contributed by atoms with E-state index in [2.05, 4.69) is 4.18 Å². The predicted octanol–water partition coefficient (Wildman–Crippen LogP) is 3.48. The highest BCUT2D eigenvalue weighted by Gasteiger charge is 2.52. The summed E-state index contributed by atoms with van der Waals surface area (Å²) < 4.78 is 74.6. The zero-order valence-electron chi connectivity index (χ0n) is 17.2. The fourth-order valence-electron chi connectivity index (χ4n) is 3.53. The molecule has 30 heavy (non-hydrogen) atoms. The van der Waals surface area contributed by atoms with Gasteiger partial charge in [0.2, 0.25) is 0 Å². The van der Waals surface area contributed by atoms with Gasteiger partial charge in [-0.15, -0.1) is 0 Å².